The first-order valence-electron chi connectivity index (χ1n) is 4.44. The van der Waals surface area contributed by atoms with E-state index < -0.39 is 5.60 Å². The Labute approximate surface area is 81.9 Å². The fourth-order valence-electron chi connectivity index (χ4n) is 1.57. The zero-order valence-corrected chi connectivity index (χ0v) is 7.56. The van der Waals surface area contributed by atoms with Crippen molar-refractivity contribution in [3.8, 4) is 11.8 Å². The number of nitriles is 1. The second-order valence-electron chi connectivity index (χ2n) is 3.33. The summed E-state index contributed by atoms with van der Waals surface area (Å²) in [6, 6.07) is 9.39. The molecule has 3 heteroatoms. The van der Waals surface area contributed by atoms with Gasteiger partial charge < -0.3 is 4.74 Å². The van der Waals surface area contributed by atoms with Crippen LogP contribution in [0.3, 0.4) is 0 Å². The van der Waals surface area contributed by atoms with Gasteiger partial charge in [0.25, 0.3) is 0 Å². The van der Waals surface area contributed by atoms with E-state index in [1.807, 2.05) is 24.3 Å². The molecule has 1 aromatic carbocycles. The maximum Gasteiger partial charge on any atom is 0.249 e. The molecule has 3 nitrogen and oxygen atoms in total. The number of carbonyl (C=O) groups is 1. The Balaban J connectivity index is 2.39. The summed E-state index contributed by atoms with van der Waals surface area (Å²) >= 11 is 0. The van der Waals surface area contributed by atoms with Gasteiger partial charge in [0, 0.05) is 6.42 Å². The number of fused-ring (bicyclic) bond motifs is 1. The molecule has 14 heavy (non-hydrogen) atoms. The first kappa shape index (κ1) is 8.76. The molecule has 2 rings (SSSR count). The lowest BCUT2D eigenvalue weighted by Gasteiger charge is -2.28. The fraction of sp³-hybridized carbons (Fsp3) is 0.273. The van der Waals surface area contributed by atoms with E-state index in [1.165, 1.54) is 0 Å². The van der Waals surface area contributed by atoms with Gasteiger partial charge in [-0.15, -0.1) is 0 Å². The number of para-hydroxylation sites is 1. The molecule has 70 valence electrons. The van der Waals surface area contributed by atoms with Crippen LogP contribution in [0.25, 0.3) is 0 Å². The Morgan fingerprint density at radius 1 is 1.50 bits per heavy atom. The smallest absolute Gasteiger partial charge is 0.249 e. The van der Waals surface area contributed by atoms with Crippen LogP contribution in [-0.2, 0) is 11.2 Å². The molecule has 1 unspecified atom stereocenters. The predicted molar refractivity (Wildman–Crippen MR) is 49.8 cm³/mol. The molecule has 0 fully saturated rings. The molecule has 0 radical (unpaired) electrons. The van der Waals surface area contributed by atoms with Gasteiger partial charge in [0.15, 0.2) is 6.29 Å². The van der Waals surface area contributed by atoms with Gasteiger partial charge in [-0.25, -0.2) is 0 Å². The number of ether oxygens (including phenoxy) is 1. The van der Waals surface area contributed by atoms with Crippen molar-refractivity contribution in [1.29, 1.82) is 5.26 Å². The molecule has 0 N–H and O–H groups in total. The monoisotopic (exact) mass is 187 g/mol. The van der Waals surface area contributed by atoms with Crippen LogP contribution in [0.1, 0.15) is 12.0 Å². The highest BCUT2D eigenvalue weighted by Crippen LogP contribution is 2.31. The number of aldehydes is 1. The summed E-state index contributed by atoms with van der Waals surface area (Å²) in [7, 11) is 0. The van der Waals surface area contributed by atoms with Gasteiger partial charge in [0.2, 0.25) is 5.60 Å². The van der Waals surface area contributed by atoms with Crippen molar-refractivity contribution in [3.05, 3.63) is 29.8 Å². The quantitative estimate of drug-likeness (QED) is 0.625. The van der Waals surface area contributed by atoms with Crippen molar-refractivity contribution < 1.29 is 9.53 Å². The molecule has 0 spiro atoms. The molecule has 1 aliphatic heterocycles. The van der Waals surface area contributed by atoms with E-state index in [0.29, 0.717) is 24.9 Å². The molecular formula is C11H9NO2. The summed E-state index contributed by atoms with van der Waals surface area (Å²) in [5, 5.41) is 8.86. The molecule has 0 aromatic heterocycles. The van der Waals surface area contributed by atoms with E-state index in [2.05, 4.69) is 0 Å². The lowest BCUT2D eigenvalue weighted by molar-refractivity contribution is -0.118. The summed E-state index contributed by atoms with van der Waals surface area (Å²) < 4.78 is 5.39. The van der Waals surface area contributed by atoms with Gasteiger partial charge in [-0.3, -0.25) is 4.79 Å². The third-order valence-corrected chi connectivity index (χ3v) is 2.41. The van der Waals surface area contributed by atoms with Crippen molar-refractivity contribution >= 4 is 6.29 Å². The van der Waals surface area contributed by atoms with Gasteiger partial charge >= 0.3 is 0 Å². The van der Waals surface area contributed by atoms with Crippen LogP contribution in [0, 0.1) is 11.3 Å². The molecule has 0 saturated heterocycles. The van der Waals surface area contributed by atoms with Crippen molar-refractivity contribution in [2.75, 3.05) is 0 Å². The standard InChI is InChI=1S/C11H9NO2/c12-7-11(8-13)6-5-9-3-1-2-4-10(9)14-11/h1-4,8H,5-6H2. The Bertz CT molecular complexity index is 408. The van der Waals surface area contributed by atoms with Crippen LogP contribution in [0.2, 0.25) is 0 Å². The Morgan fingerprint density at radius 3 is 3.00 bits per heavy atom. The zero-order chi connectivity index (χ0) is 10.0. The lowest BCUT2D eigenvalue weighted by Crippen LogP contribution is -2.39. The normalized spacial score (nSPS) is 24.2. The van der Waals surface area contributed by atoms with E-state index >= 15 is 0 Å². The minimum Gasteiger partial charge on any atom is -0.465 e. The Morgan fingerprint density at radius 2 is 2.29 bits per heavy atom. The Hall–Kier alpha value is -1.82. The van der Waals surface area contributed by atoms with Crippen LogP contribution < -0.4 is 4.74 Å². The minimum atomic E-state index is -1.27. The highest BCUT2D eigenvalue weighted by Gasteiger charge is 2.35. The van der Waals surface area contributed by atoms with E-state index in [9.17, 15) is 4.79 Å². The fourth-order valence-corrected chi connectivity index (χ4v) is 1.57. The summed E-state index contributed by atoms with van der Waals surface area (Å²) in [4.78, 5) is 10.8. The van der Waals surface area contributed by atoms with Gasteiger partial charge in [-0.05, 0) is 18.1 Å². The van der Waals surface area contributed by atoms with Crippen molar-refractivity contribution in [2.45, 2.75) is 18.4 Å². The molecule has 0 aliphatic carbocycles. The van der Waals surface area contributed by atoms with Gasteiger partial charge in [0.05, 0.1) is 0 Å². The highest BCUT2D eigenvalue weighted by molar-refractivity contribution is 5.69. The number of hydrogen-bond donors (Lipinski definition) is 0. The number of carbonyl (C=O) groups excluding carboxylic acids is 1. The van der Waals surface area contributed by atoms with E-state index in [0.717, 1.165) is 5.56 Å². The largest absolute Gasteiger partial charge is 0.465 e. The second-order valence-corrected chi connectivity index (χ2v) is 3.33. The number of hydrogen-bond acceptors (Lipinski definition) is 3. The van der Waals surface area contributed by atoms with Crippen LogP contribution >= 0.6 is 0 Å². The van der Waals surface area contributed by atoms with Crippen LogP contribution in [0.4, 0.5) is 0 Å². The van der Waals surface area contributed by atoms with E-state index in [-0.39, 0.29) is 0 Å². The van der Waals surface area contributed by atoms with Crippen molar-refractivity contribution in [2.24, 2.45) is 0 Å². The first-order chi connectivity index (χ1) is 6.79. The predicted octanol–water partition coefficient (Wildman–Crippen LogP) is 1.47. The SMILES string of the molecule is N#CC1(C=O)CCc2ccccc2O1. The molecular weight excluding hydrogens is 178 g/mol. The molecule has 0 saturated carbocycles. The summed E-state index contributed by atoms with van der Waals surface area (Å²) in [5.41, 5.74) is -0.214. The van der Waals surface area contributed by atoms with Gasteiger partial charge in [0.1, 0.15) is 11.8 Å². The van der Waals surface area contributed by atoms with Crippen LogP contribution in [0.15, 0.2) is 24.3 Å². The third-order valence-electron chi connectivity index (χ3n) is 2.41. The topological polar surface area (TPSA) is 50.1 Å². The molecule has 1 heterocycles. The van der Waals surface area contributed by atoms with Gasteiger partial charge in [-0.2, -0.15) is 5.26 Å². The molecule has 0 bridgehead atoms. The summed E-state index contributed by atoms with van der Waals surface area (Å²) in [5.74, 6) is 0.646. The lowest BCUT2D eigenvalue weighted by atomic mass is 9.93. The molecule has 1 atom stereocenters. The van der Waals surface area contributed by atoms with E-state index in [4.69, 9.17) is 10.00 Å². The van der Waals surface area contributed by atoms with Crippen LogP contribution in [-0.4, -0.2) is 11.9 Å². The van der Waals surface area contributed by atoms with Gasteiger partial charge in [-0.1, -0.05) is 18.2 Å². The van der Waals surface area contributed by atoms with Crippen molar-refractivity contribution in [1.82, 2.24) is 0 Å². The molecule has 0 amide bonds. The summed E-state index contributed by atoms with van der Waals surface area (Å²) in [6.07, 6.45) is 1.73. The second kappa shape index (κ2) is 3.15. The molecule has 1 aromatic rings. The Kier molecular flexibility index (Phi) is 1.97. The zero-order valence-electron chi connectivity index (χ0n) is 7.56. The van der Waals surface area contributed by atoms with E-state index in [1.54, 1.807) is 6.07 Å². The summed E-state index contributed by atoms with van der Waals surface area (Å²) in [6.45, 7) is 0. The number of benzene rings is 1. The van der Waals surface area contributed by atoms with Crippen LogP contribution in [0.5, 0.6) is 5.75 Å². The first-order valence-corrected chi connectivity index (χ1v) is 4.44. The minimum absolute atomic E-state index is 0.435. The number of nitrogens with zero attached hydrogens (tertiary/aromatic N) is 1. The van der Waals surface area contributed by atoms with Crippen molar-refractivity contribution in [3.63, 3.8) is 0 Å². The number of aryl methyl sites for hydroxylation is 1. The maximum absolute atomic E-state index is 10.8. The average Bonchev–Trinajstić information content (AvgIpc) is 2.28. The maximum atomic E-state index is 10.8. The highest BCUT2D eigenvalue weighted by atomic mass is 16.5. The average molecular weight is 187 g/mol. The third kappa shape index (κ3) is 1.25. The molecule has 1 aliphatic rings. The number of rotatable bonds is 1.